The molecule has 0 unspecified atom stereocenters. The quantitative estimate of drug-likeness (QED) is 0.787. The van der Waals surface area contributed by atoms with Gasteiger partial charge in [-0.25, -0.2) is 8.42 Å². The Bertz CT molecular complexity index is 280. The van der Waals surface area contributed by atoms with Crippen LogP contribution < -0.4 is 5.32 Å². The van der Waals surface area contributed by atoms with Gasteiger partial charge in [0.1, 0.15) is 0 Å². The molecule has 0 saturated heterocycles. The van der Waals surface area contributed by atoms with Crippen LogP contribution in [0.1, 0.15) is 57.8 Å². The Morgan fingerprint density at radius 1 is 0.941 bits per heavy atom. The van der Waals surface area contributed by atoms with E-state index >= 15 is 0 Å². The zero-order chi connectivity index (χ0) is 12.6. The van der Waals surface area contributed by atoms with Gasteiger partial charge in [-0.2, -0.15) is 0 Å². The first-order chi connectivity index (χ1) is 8.08. The minimum absolute atomic E-state index is 0.288. The van der Waals surface area contributed by atoms with Gasteiger partial charge in [0, 0.05) is 12.6 Å². The number of rotatable bonds is 4. The highest BCUT2D eigenvalue weighted by Gasteiger charge is 2.09. The molecule has 17 heavy (non-hydrogen) atoms. The molecule has 1 saturated carbocycles. The molecule has 0 heterocycles. The van der Waals surface area contributed by atoms with Crippen LogP contribution in [-0.2, 0) is 10.1 Å². The molecule has 0 aliphatic heterocycles. The molecule has 0 spiro atoms. The number of nitrogens with one attached hydrogen (secondary N) is 1. The monoisotopic (exact) mass is 262 g/mol. The summed E-state index contributed by atoms with van der Waals surface area (Å²) in [4.78, 5) is 0. The molecule has 1 N–H and O–H groups in total. The number of hydrogen-bond acceptors (Lipinski definition) is 4. The normalized spacial score (nSPS) is 21.2. The molecule has 0 aromatic heterocycles. The van der Waals surface area contributed by atoms with Crippen molar-refractivity contribution in [2.75, 3.05) is 12.3 Å². The van der Waals surface area contributed by atoms with Crippen LogP contribution in [-0.4, -0.2) is 31.3 Å². The van der Waals surface area contributed by atoms with E-state index in [4.69, 9.17) is 0 Å². The minimum Gasteiger partial charge on any atom is -0.748 e. The van der Waals surface area contributed by atoms with Crippen molar-refractivity contribution in [1.82, 2.24) is 5.32 Å². The van der Waals surface area contributed by atoms with Gasteiger partial charge in [0.25, 0.3) is 0 Å². The van der Waals surface area contributed by atoms with Crippen LogP contribution in [0.15, 0.2) is 0 Å². The molecular formula is C12H24NO3S-. The van der Waals surface area contributed by atoms with Crippen molar-refractivity contribution in [2.45, 2.75) is 63.8 Å². The van der Waals surface area contributed by atoms with Gasteiger partial charge in [0.05, 0.1) is 15.9 Å². The first-order valence-corrected chi connectivity index (χ1v) is 8.32. The fraction of sp³-hybridized carbons (Fsp3) is 1.00. The fourth-order valence-corrected chi connectivity index (χ4v) is 2.77. The predicted octanol–water partition coefficient (Wildman–Crippen LogP) is 2.01. The van der Waals surface area contributed by atoms with Crippen LogP contribution in [0.25, 0.3) is 0 Å². The molecule has 0 amide bonds. The van der Waals surface area contributed by atoms with Gasteiger partial charge in [-0.3, -0.25) is 0 Å². The third-order valence-electron chi connectivity index (χ3n) is 3.39. The van der Waals surface area contributed by atoms with E-state index in [1.54, 1.807) is 0 Å². The van der Waals surface area contributed by atoms with E-state index in [1.807, 2.05) is 0 Å². The molecule has 102 valence electrons. The van der Waals surface area contributed by atoms with E-state index in [0.717, 1.165) is 12.8 Å². The summed E-state index contributed by atoms with van der Waals surface area (Å²) in [5.41, 5.74) is 0. The number of hydrogen-bond donors (Lipinski definition) is 1. The zero-order valence-electron chi connectivity index (χ0n) is 10.5. The van der Waals surface area contributed by atoms with Crippen LogP contribution in [0.5, 0.6) is 0 Å². The van der Waals surface area contributed by atoms with E-state index in [-0.39, 0.29) is 5.75 Å². The highest BCUT2D eigenvalue weighted by atomic mass is 32.2. The SMILES string of the molecule is O=S(=O)([O-])CCNC1CCCCCCCCC1. The third kappa shape index (κ3) is 8.57. The Balaban J connectivity index is 2.23. The molecule has 4 nitrogen and oxygen atoms in total. The van der Waals surface area contributed by atoms with Crippen molar-refractivity contribution >= 4 is 10.1 Å². The second-order valence-corrected chi connectivity index (χ2v) is 6.49. The second kappa shape index (κ2) is 8.06. The van der Waals surface area contributed by atoms with E-state index in [0.29, 0.717) is 12.6 Å². The average Bonchev–Trinajstić information content (AvgIpc) is 2.25. The van der Waals surface area contributed by atoms with Crippen LogP contribution in [0.2, 0.25) is 0 Å². The van der Waals surface area contributed by atoms with Gasteiger partial charge < -0.3 is 9.87 Å². The second-order valence-electron chi connectivity index (χ2n) is 4.97. The molecule has 0 aromatic carbocycles. The third-order valence-corrected chi connectivity index (χ3v) is 4.09. The smallest absolute Gasteiger partial charge is 0.0958 e. The molecule has 0 bridgehead atoms. The Morgan fingerprint density at radius 2 is 1.41 bits per heavy atom. The standard InChI is InChI=1S/C12H25NO3S/c14-17(15,16)11-10-13-12-8-6-4-2-1-3-5-7-9-12/h12-13H,1-11H2,(H,14,15,16)/p-1. The Labute approximate surface area is 105 Å². The van der Waals surface area contributed by atoms with Gasteiger partial charge in [-0.05, 0) is 12.8 Å². The summed E-state index contributed by atoms with van der Waals surface area (Å²) in [6, 6.07) is 0.398. The maximum atomic E-state index is 10.5. The van der Waals surface area contributed by atoms with Gasteiger partial charge >= 0.3 is 0 Å². The van der Waals surface area contributed by atoms with Crippen molar-refractivity contribution in [3.05, 3.63) is 0 Å². The van der Waals surface area contributed by atoms with Gasteiger partial charge in [-0.15, -0.1) is 0 Å². The molecule has 1 rings (SSSR count). The summed E-state index contributed by atoms with van der Waals surface area (Å²) in [6.45, 7) is 0.302. The van der Waals surface area contributed by atoms with Gasteiger partial charge in [-0.1, -0.05) is 44.9 Å². The van der Waals surface area contributed by atoms with E-state index in [2.05, 4.69) is 5.32 Å². The topological polar surface area (TPSA) is 69.2 Å². The molecule has 0 atom stereocenters. The van der Waals surface area contributed by atoms with Crippen LogP contribution >= 0.6 is 0 Å². The molecule has 5 heteroatoms. The van der Waals surface area contributed by atoms with E-state index in [1.165, 1.54) is 44.9 Å². The molecule has 1 aliphatic carbocycles. The summed E-state index contributed by atoms with van der Waals surface area (Å²) in [5.74, 6) is -0.288. The maximum Gasteiger partial charge on any atom is 0.0958 e. The van der Waals surface area contributed by atoms with Crippen LogP contribution in [0.4, 0.5) is 0 Å². The Kier molecular flexibility index (Phi) is 7.08. The van der Waals surface area contributed by atoms with Gasteiger partial charge in [0.15, 0.2) is 0 Å². The van der Waals surface area contributed by atoms with Crippen molar-refractivity contribution in [2.24, 2.45) is 0 Å². The molecule has 1 fully saturated rings. The summed E-state index contributed by atoms with van der Waals surface area (Å²) in [5, 5.41) is 3.21. The average molecular weight is 262 g/mol. The fourth-order valence-electron chi connectivity index (χ4n) is 2.40. The lowest BCUT2D eigenvalue weighted by molar-refractivity contribution is 0.402. The first-order valence-electron chi connectivity index (χ1n) is 6.75. The molecule has 1 aliphatic rings. The van der Waals surface area contributed by atoms with E-state index in [9.17, 15) is 13.0 Å². The van der Waals surface area contributed by atoms with Gasteiger partial charge in [0.2, 0.25) is 0 Å². The molecule has 0 radical (unpaired) electrons. The van der Waals surface area contributed by atoms with E-state index < -0.39 is 10.1 Å². The summed E-state index contributed by atoms with van der Waals surface area (Å²) < 4.78 is 31.5. The van der Waals surface area contributed by atoms with Crippen molar-refractivity contribution in [1.29, 1.82) is 0 Å². The summed E-state index contributed by atoms with van der Waals surface area (Å²) in [6.07, 6.45) is 11.2. The van der Waals surface area contributed by atoms with Crippen molar-refractivity contribution in [3.8, 4) is 0 Å². The lowest BCUT2D eigenvalue weighted by atomic mass is 9.97. The lowest BCUT2D eigenvalue weighted by Gasteiger charge is -2.20. The highest BCUT2D eigenvalue weighted by molar-refractivity contribution is 7.85. The first kappa shape index (κ1) is 14.9. The Morgan fingerprint density at radius 3 is 1.88 bits per heavy atom. The summed E-state index contributed by atoms with van der Waals surface area (Å²) in [7, 11) is -4.07. The van der Waals surface area contributed by atoms with Crippen molar-refractivity contribution < 1.29 is 13.0 Å². The maximum absolute atomic E-state index is 10.5. The lowest BCUT2D eigenvalue weighted by Crippen LogP contribution is -2.33. The summed E-state index contributed by atoms with van der Waals surface area (Å²) >= 11 is 0. The molecule has 0 aromatic rings. The van der Waals surface area contributed by atoms with Crippen LogP contribution in [0, 0.1) is 0 Å². The predicted molar refractivity (Wildman–Crippen MR) is 67.9 cm³/mol. The van der Waals surface area contributed by atoms with Crippen molar-refractivity contribution in [3.63, 3.8) is 0 Å². The van der Waals surface area contributed by atoms with Crippen LogP contribution in [0.3, 0.4) is 0 Å². The largest absolute Gasteiger partial charge is 0.748 e. The Hall–Kier alpha value is -0.130. The zero-order valence-corrected chi connectivity index (χ0v) is 11.3. The highest BCUT2D eigenvalue weighted by Crippen LogP contribution is 2.16. The molecular weight excluding hydrogens is 238 g/mol. The minimum atomic E-state index is -4.07.